The first-order valence-electron chi connectivity index (χ1n) is 6.99. The second kappa shape index (κ2) is 7.15. The minimum atomic E-state index is -0.677. The molecule has 0 aliphatic carbocycles. The number of hydrogen-bond acceptors (Lipinski definition) is 5. The molecular weight excluding hydrogens is 286 g/mol. The van der Waals surface area contributed by atoms with E-state index in [1.54, 1.807) is 31.2 Å². The summed E-state index contributed by atoms with van der Waals surface area (Å²) in [4.78, 5) is 29.1. The molecule has 7 nitrogen and oxygen atoms in total. The Morgan fingerprint density at radius 2 is 2.18 bits per heavy atom. The van der Waals surface area contributed by atoms with E-state index in [1.165, 1.54) is 11.7 Å². The summed E-state index contributed by atoms with van der Waals surface area (Å²) in [6.07, 6.45) is -0.677. The smallest absolute Gasteiger partial charge is 0.287 e. The Morgan fingerprint density at radius 3 is 2.86 bits per heavy atom. The fourth-order valence-electron chi connectivity index (χ4n) is 2.05. The third kappa shape index (κ3) is 3.49. The minimum absolute atomic E-state index is 0.0152. The number of fused-ring (bicyclic) bond motifs is 1. The van der Waals surface area contributed by atoms with Gasteiger partial charge < -0.3 is 15.2 Å². The summed E-state index contributed by atoms with van der Waals surface area (Å²) in [7, 11) is 1.52. The topological polar surface area (TPSA) is 93.4 Å². The molecule has 1 aromatic carbocycles. The molecule has 0 saturated heterocycles. The Morgan fingerprint density at radius 1 is 1.45 bits per heavy atom. The van der Waals surface area contributed by atoms with Crippen LogP contribution in [-0.2, 0) is 11.3 Å². The number of para-hydroxylation sites is 1. The molecule has 0 aliphatic rings. The van der Waals surface area contributed by atoms with Crippen molar-refractivity contribution in [2.75, 3.05) is 20.3 Å². The van der Waals surface area contributed by atoms with Crippen molar-refractivity contribution in [3.8, 4) is 0 Å². The number of carbonyl (C=O) groups excluding carboxylic acids is 1. The van der Waals surface area contributed by atoms with E-state index in [0.717, 1.165) is 0 Å². The van der Waals surface area contributed by atoms with Crippen LogP contribution in [0, 0.1) is 0 Å². The van der Waals surface area contributed by atoms with Crippen molar-refractivity contribution in [1.29, 1.82) is 0 Å². The van der Waals surface area contributed by atoms with Gasteiger partial charge in [-0.05, 0) is 19.1 Å². The first-order chi connectivity index (χ1) is 10.5. The van der Waals surface area contributed by atoms with Crippen LogP contribution in [0.15, 0.2) is 29.1 Å². The molecule has 118 valence electrons. The second-order valence-corrected chi connectivity index (χ2v) is 4.96. The molecule has 0 spiro atoms. The Bertz CT molecular complexity index is 724. The number of methoxy groups -OCH3 is 1. The van der Waals surface area contributed by atoms with Gasteiger partial charge >= 0.3 is 0 Å². The van der Waals surface area contributed by atoms with E-state index in [2.05, 4.69) is 10.3 Å². The van der Waals surface area contributed by atoms with E-state index in [4.69, 9.17) is 4.74 Å². The zero-order valence-corrected chi connectivity index (χ0v) is 12.6. The highest BCUT2D eigenvalue weighted by atomic mass is 16.5. The van der Waals surface area contributed by atoms with Crippen LogP contribution >= 0.6 is 0 Å². The maximum atomic E-state index is 12.5. The second-order valence-electron chi connectivity index (χ2n) is 4.96. The predicted molar refractivity (Wildman–Crippen MR) is 81.9 cm³/mol. The summed E-state index contributed by atoms with van der Waals surface area (Å²) in [5.41, 5.74) is 0.174. The average molecular weight is 305 g/mol. The monoisotopic (exact) mass is 305 g/mol. The summed E-state index contributed by atoms with van der Waals surface area (Å²) in [6, 6.07) is 6.86. The number of hydrogen-bond donors (Lipinski definition) is 2. The third-order valence-corrected chi connectivity index (χ3v) is 3.14. The standard InChI is InChI=1S/C15H19N3O4/c1-10(19)9-16-14(20)13-17-12-6-4-3-5-11(12)15(21)18(13)7-8-22-2/h3-6,10,19H,7-9H2,1-2H3,(H,16,20). The van der Waals surface area contributed by atoms with Crippen molar-refractivity contribution in [2.24, 2.45) is 0 Å². The molecule has 1 amide bonds. The van der Waals surface area contributed by atoms with Crippen LogP contribution in [0.25, 0.3) is 10.9 Å². The molecular formula is C15H19N3O4. The van der Waals surface area contributed by atoms with Crippen molar-refractivity contribution in [3.05, 3.63) is 40.4 Å². The summed E-state index contributed by atoms with van der Waals surface area (Å²) < 4.78 is 6.28. The molecule has 2 rings (SSSR count). The molecule has 1 heterocycles. The van der Waals surface area contributed by atoms with Gasteiger partial charge in [0.05, 0.1) is 30.2 Å². The SMILES string of the molecule is COCCn1c(C(=O)NCC(C)O)nc2ccccc2c1=O. The molecule has 7 heteroatoms. The fourth-order valence-corrected chi connectivity index (χ4v) is 2.05. The van der Waals surface area contributed by atoms with Crippen LogP contribution in [0.4, 0.5) is 0 Å². The maximum Gasteiger partial charge on any atom is 0.287 e. The number of aromatic nitrogens is 2. The quantitative estimate of drug-likeness (QED) is 0.792. The Balaban J connectivity index is 2.49. The number of nitrogens with zero attached hydrogens (tertiary/aromatic N) is 2. The van der Waals surface area contributed by atoms with Crippen molar-refractivity contribution in [2.45, 2.75) is 19.6 Å². The van der Waals surface area contributed by atoms with Gasteiger partial charge in [0.2, 0.25) is 5.82 Å². The van der Waals surface area contributed by atoms with Gasteiger partial charge in [0.15, 0.2) is 0 Å². The van der Waals surface area contributed by atoms with Gasteiger partial charge in [-0.25, -0.2) is 4.98 Å². The van der Waals surface area contributed by atoms with Gasteiger partial charge in [-0.2, -0.15) is 0 Å². The minimum Gasteiger partial charge on any atom is -0.392 e. The first kappa shape index (κ1) is 16.1. The van der Waals surface area contributed by atoms with E-state index in [1.807, 2.05) is 0 Å². The third-order valence-electron chi connectivity index (χ3n) is 3.14. The van der Waals surface area contributed by atoms with Crippen LogP contribution < -0.4 is 10.9 Å². The molecule has 1 atom stereocenters. The summed E-state index contributed by atoms with van der Waals surface area (Å²) >= 11 is 0. The van der Waals surface area contributed by atoms with Gasteiger partial charge in [-0.3, -0.25) is 14.2 Å². The lowest BCUT2D eigenvalue weighted by atomic mass is 10.2. The van der Waals surface area contributed by atoms with Crippen molar-refractivity contribution in [3.63, 3.8) is 0 Å². The summed E-state index contributed by atoms with van der Waals surface area (Å²) in [5.74, 6) is -0.485. The number of ether oxygens (including phenoxy) is 1. The molecule has 1 aromatic heterocycles. The number of rotatable bonds is 6. The van der Waals surface area contributed by atoms with E-state index < -0.39 is 12.0 Å². The Hall–Kier alpha value is -2.25. The number of amides is 1. The number of benzene rings is 1. The number of aliphatic hydroxyl groups excluding tert-OH is 1. The van der Waals surface area contributed by atoms with E-state index in [9.17, 15) is 14.7 Å². The van der Waals surface area contributed by atoms with Gasteiger partial charge in [-0.1, -0.05) is 12.1 Å². The zero-order chi connectivity index (χ0) is 16.1. The largest absolute Gasteiger partial charge is 0.392 e. The lowest BCUT2D eigenvalue weighted by Crippen LogP contribution is -2.37. The van der Waals surface area contributed by atoms with Crippen LogP contribution in [0.1, 0.15) is 17.5 Å². The van der Waals surface area contributed by atoms with Crippen molar-refractivity contribution in [1.82, 2.24) is 14.9 Å². The molecule has 2 aromatic rings. The molecule has 0 fully saturated rings. The van der Waals surface area contributed by atoms with Gasteiger partial charge in [0.25, 0.3) is 11.5 Å². The zero-order valence-electron chi connectivity index (χ0n) is 12.6. The van der Waals surface area contributed by atoms with Gasteiger partial charge in [-0.15, -0.1) is 0 Å². The highest BCUT2D eigenvalue weighted by Crippen LogP contribution is 2.08. The van der Waals surface area contributed by atoms with Crippen LogP contribution in [0.5, 0.6) is 0 Å². The lowest BCUT2D eigenvalue weighted by molar-refractivity contribution is 0.0904. The molecule has 0 bridgehead atoms. The molecule has 0 saturated carbocycles. The summed E-state index contributed by atoms with van der Waals surface area (Å²) in [6.45, 7) is 2.17. The van der Waals surface area contributed by atoms with Crippen LogP contribution in [-0.4, -0.2) is 46.9 Å². The highest BCUT2D eigenvalue weighted by molar-refractivity contribution is 5.93. The van der Waals surface area contributed by atoms with E-state index >= 15 is 0 Å². The summed E-state index contributed by atoms with van der Waals surface area (Å²) in [5, 5.41) is 12.3. The first-order valence-corrected chi connectivity index (χ1v) is 6.99. The Kier molecular flexibility index (Phi) is 5.24. The lowest BCUT2D eigenvalue weighted by Gasteiger charge is -2.13. The highest BCUT2D eigenvalue weighted by Gasteiger charge is 2.17. The van der Waals surface area contributed by atoms with Crippen LogP contribution in [0.3, 0.4) is 0 Å². The maximum absolute atomic E-state index is 12.5. The normalized spacial score (nSPS) is 12.3. The Labute approximate surface area is 127 Å². The molecule has 2 N–H and O–H groups in total. The molecule has 0 aliphatic heterocycles. The number of aliphatic hydroxyl groups is 1. The van der Waals surface area contributed by atoms with Crippen LogP contribution in [0.2, 0.25) is 0 Å². The number of nitrogens with one attached hydrogen (secondary N) is 1. The van der Waals surface area contributed by atoms with Crippen molar-refractivity contribution >= 4 is 16.8 Å². The van der Waals surface area contributed by atoms with E-state index in [-0.39, 0.29) is 31.1 Å². The predicted octanol–water partition coefficient (Wildman–Crippen LogP) is 0.153. The fraction of sp³-hybridized carbons (Fsp3) is 0.400. The van der Waals surface area contributed by atoms with E-state index in [0.29, 0.717) is 10.9 Å². The number of carbonyl (C=O) groups is 1. The van der Waals surface area contributed by atoms with Crippen molar-refractivity contribution < 1.29 is 14.6 Å². The van der Waals surface area contributed by atoms with Gasteiger partial charge in [0.1, 0.15) is 0 Å². The average Bonchev–Trinajstić information content (AvgIpc) is 2.51. The molecule has 22 heavy (non-hydrogen) atoms. The van der Waals surface area contributed by atoms with Gasteiger partial charge in [0, 0.05) is 13.7 Å². The molecule has 0 radical (unpaired) electrons. The molecule has 1 unspecified atom stereocenters.